The van der Waals surface area contributed by atoms with Crippen molar-refractivity contribution in [3.63, 3.8) is 0 Å². The van der Waals surface area contributed by atoms with Crippen molar-refractivity contribution in [3.8, 4) is 17.9 Å². The molecule has 1 amide bonds. The van der Waals surface area contributed by atoms with Crippen LogP contribution in [0.2, 0.25) is 0 Å². The largest absolute Gasteiger partial charge is 0.487 e. The van der Waals surface area contributed by atoms with E-state index in [1.807, 2.05) is 18.2 Å². The Bertz CT molecular complexity index is 1400. The monoisotopic (exact) mass is 709 g/mol. The first-order valence-corrected chi connectivity index (χ1v) is 13.7. The number of nitrogens with zero attached hydrogens (tertiary/aromatic N) is 2. The second-order valence-electron chi connectivity index (χ2n) is 7.88. The van der Waals surface area contributed by atoms with E-state index in [1.54, 1.807) is 12.1 Å². The van der Waals surface area contributed by atoms with Crippen LogP contribution in [0.3, 0.4) is 0 Å². The SMILES string of the molecule is N#C/C(=C\c1cc(I)c(OCc2cccc(F)c2)c(I)c1)C(=O)Nc1sc2c(c1C#N)CCCC2. The minimum atomic E-state index is -0.543. The number of halogens is 3. The Morgan fingerprint density at radius 2 is 1.91 bits per heavy atom. The predicted octanol–water partition coefficient (Wildman–Crippen LogP) is 6.97. The summed E-state index contributed by atoms with van der Waals surface area (Å²) in [5.41, 5.74) is 2.88. The molecule has 0 bridgehead atoms. The van der Waals surface area contributed by atoms with Gasteiger partial charge in [-0.1, -0.05) is 12.1 Å². The number of hydrogen-bond donors (Lipinski definition) is 1. The van der Waals surface area contributed by atoms with Crippen LogP contribution in [0.4, 0.5) is 9.39 Å². The van der Waals surface area contributed by atoms with Gasteiger partial charge in [0.15, 0.2) is 0 Å². The van der Waals surface area contributed by atoms with E-state index >= 15 is 0 Å². The number of nitrogens with one attached hydrogen (secondary N) is 1. The van der Waals surface area contributed by atoms with E-state index in [-0.39, 0.29) is 18.0 Å². The Labute approximate surface area is 233 Å². The van der Waals surface area contributed by atoms with E-state index in [0.29, 0.717) is 21.9 Å². The maximum Gasteiger partial charge on any atom is 0.266 e. The van der Waals surface area contributed by atoms with Gasteiger partial charge >= 0.3 is 0 Å². The molecule has 1 aromatic heterocycles. The maximum atomic E-state index is 13.4. The molecule has 35 heavy (non-hydrogen) atoms. The molecule has 5 nitrogen and oxygen atoms in total. The topological polar surface area (TPSA) is 85.9 Å². The van der Waals surface area contributed by atoms with Crippen LogP contribution in [-0.4, -0.2) is 5.91 Å². The third-order valence-corrected chi connectivity index (χ3v) is 8.29. The molecule has 9 heteroatoms. The quantitative estimate of drug-likeness (QED) is 0.170. The molecule has 0 atom stereocenters. The zero-order valence-corrected chi connectivity index (χ0v) is 23.5. The zero-order valence-electron chi connectivity index (χ0n) is 18.3. The molecule has 0 fully saturated rings. The number of hydrogen-bond acceptors (Lipinski definition) is 5. The number of aryl methyl sites for hydroxylation is 1. The van der Waals surface area contributed by atoms with Crippen molar-refractivity contribution in [2.45, 2.75) is 32.3 Å². The molecule has 1 heterocycles. The standard InChI is InChI=1S/C26H18FI2N3O2S/c27-18-5-3-4-15(9-18)14-34-24-21(28)10-16(11-22(24)29)8-17(12-30)25(33)32-26-20(13-31)19-6-1-2-7-23(19)35-26/h3-5,8-11H,1-2,6-7,14H2,(H,32,33)/b17-8+. The molecular weight excluding hydrogens is 691 g/mol. The van der Waals surface area contributed by atoms with Gasteiger partial charge in [-0.15, -0.1) is 11.3 Å². The van der Waals surface area contributed by atoms with Crippen LogP contribution >= 0.6 is 56.5 Å². The number of anilines is 1. The van der Waals surface area contributed by atoms with E-state index in [4.69, 9.17) is 4.74 Å². The van der Waals surface area contributed by atoms with E-state index in [9.17, 15) is 19.7 Å². The lowest BCUT2D eigenvalue weighted by Gasteiger charge is -2.12. The molecule has 0 saturated heterocycles. The molecular formula is C26H18FI2N3O2S. The molecule has 0 aliphatic heterocycles. The average molecular weight is 709 g/mol. The maximum absolute atomic E-state index is 13.4. The molecule has 176 valence electrons. The number of thiophene rings is 1. The number of carbonyl (C=O) groups excluding carboxylic acids is 1. The first-order valence-electron chi connectivity index (χ1n) is 10.7. The third kappa shape index (κ3) is 6.02. The Hall–Kier alpha value is -2.48. The van der Waals surface area contributed by atoms with Crippen LogP contribution in [0.15, 0.2) is 42.0 Å². The van der Waals surface area contributed by atoms with Gasteiger partial charge < -0.3 is 10.1 Å². The normalized spacial score (nSPS) is 12.9. The van der Waals surface area contributed by atoms with Gasteiger partial charge in [0.2, 0.25) is 0 Å². The van der Waals surface area contributed by atoms with E-state index in [1.165, 1.54) is 29.5 Å². The average Bonchev–Trinajstić information content (AvgIpc) is 3.18. The van der Waals surface area contributed by atoms with Crippen molar-refractivity contribution in [1.29, 1.82) is 10.5 Å². The number of carbonyl (C=O) groups is 1. The second-order valence-corrected chi connectivity index (χ2v) is 11.3. The zero-order chi connectivity index (χ0) is 24.9. The Morgan fingerprint density at radius 3 is 2.60 bits per heavy atom. The van der Waals surface area contributed by atoms with Crippen molar-refractivity contribution in [1.82, 2.24) is 0 Å². The molecule has 0 saturated carbocycles. The lowest BCUT2D eigenvalue weighted by atomic mass is 9.96. The van der Waals surface area contributed by atoms with Gasteiger partial charge in [0.1, 0.15) is 40.9 Å². The smallest absolute Gasteiger partial charge is 0.266 e. The van der Waals surface area contributed by atoms with E-state index in [2.05, 4.69) is 56.6 Å². The number of amides is 1. The summed E-state index contributed by atoms with van der Waals surface area (Å²) in [6, 6.07) is 14.1. The first kappa shape index (κ1) is 25.6. The highest BCUT2D eigenvalue weighted by molar-refractivity contribution is 14.1. The number of rotatable bonds is 6. The van der Waals surface area contributed by atoms with Gasteiger partial charge in [0.05, 0.1) is 12.7 Å². The molecule has 1 N–H and O–H groups in total. The number of fused-ring (bicyclic) bond motifs is 1. The van der Waals surface area contributed by atoms with Gasteiger partial charge in [-0.25, -0.2) is 4.39 Å². The molecule has 1 aliphatic carbocycles. The van der Waals surface area contributed by atoms with E-state index in [0.717, 1.165) is 48.8 Å². The summed E-state index contributed by atoms with van der Waals surface area (Å²) in [6.45, 7) is 0.219. The van der Waals surface area contributed by atoms with Gasteiger partial charge in [0.25, 0.3) is 5.91 Å². The molecule has 4 rings (SSSR count). The molecule has 0 spiro atoms. The molecule has 0 radical (unpaired) electrons. The van der Waals surface area contributed by atoms with Crippen LogP contribution in [-0.2, 0) is 24.2 Å². The van der Waals surface area contributed by atoms with Crippen molar-refractivity contribution < 1.29 is 13.9 Å². The summed E-state index contributed by atoms with van der Waals surface area (Å²) < 4.78 is 20.9. The van der Waals surface area contributed by atoms with Gasteiger partial charge in [-0.3, -0.25) is 4.79 Å². The molecule has 1 aliphatic rings. The summed E-state index contributed by atoms with van der Waals surface area (Å²) in [4.78, 5) is 14.0. The second kappa shape index (κ2) is 11.5. The van der Waals surface area contributed by atoms with Crippen molar-refractivity contribution in [2.75, 3.05) is 5.32 Å². The van der Waals surface area contributed by atoms with Gasteiger partial charge in [-0.05, 0) is 118 Å². The van der Waals surface area contributed by atoms with Crippen LogP contribution in [0.1, 0.15) is 40.0 Å². The fraction of sp³-hybridized carbons (Fsp3) is 0.192. The van der Waals surface area contributed by atoms with Crippen LogP contribution in [0, 0.1) is 35.6 Å². The Morgan fingerprint density at radius 1 is 1.17 bits per heavy atom. The van der Waals surface area contributed by atoms with Crippen LogP contribution in [0.5, 0.6) is 5.75 Å². The number of benzene rings is 2. The number of nitriles is 2. The minimum absolute atomic E-state index is 0.0553. The highest BCUT2D eigenvalue weighted by Crippen LogP contribution is 2.38. The Kier molecular flexibility index (Phi) is 8.42. The highest BCUT2D eigenvalue weighted by Gasteiger charge is 2.23. The van der Waals surface area contributed by atoms with Crippen LogP contribution < -0.4 is 10.1 Å². The highest BCUT2D eigenvalue weighted by atomic mass is 127. The third-order valence-electron chi connectivity index (χ3n) is 5.48. The van der Waals surface area contributed by atoms with Crippen molar-refractivity contribution >= 4 is 73.5 Å². The molecule has 2 aromatic carbocycles. The molecule has 3 aromatic rings. The lowest BCUT2D eigenvalue weighted by molar-refractivity contribution is -0.112. The van der Waals surface area contributed by atoms with E-state index < -0.39 is 5.91 Å². The molecule has 0 unspecified atom stereocenters. The minimum Gasteiger partial charge on any atom is -0.487 e. The van der Waals surface area contributed by atoms with Gasteiger partial charge in [-0.2, -0.15) is 10.5 Å². The summed E-state index contributed by atoms with van der Waals surface area (Å²) in [6.07, 6.45) is 5.39. The fourth-order valence-corrected chi connectivity index (χ4v) is 7.20. The predicted molar refractivity (Wildman–Crippen MR) is 151 cm³/mol. The first-order chi connectivity index (χ1) is 16.9. The lowest BCUT2D eigenvalue weighted by Crippen LogP contribution is -2.13. The summed E-state index contributed by atoms with van der Waals surface area (Å²) in [5.74, 6) is -0.208. The fourth-order valence-electron chi connectivity index (χ4n) is 3.84. The summed E-state index contributed by atoms with van der Waals surface area (Å²) in [5, 5.41) is 22.6. The van der Waals surface area contributed by atoms with Crippen molar-refractivity contribution in [2.24, 2.45) is 0 Å². The summed E-state index contributed by atoms with van der Waals surface area (Å²) in [7, 11) is 0. The number of ether oxygens (including phenoxy) is 1. The van der Waals surface area contributed by atoms with Crippen molar-refractivity contribution in [3.05, 3.63) is 82.1 Å². The Balaban J connectivity index is 1.53. The van der Waals surface area contributed by atoms with Gasteiger partial charge in [0, 0.05) is 4.88 Å². The summed E-state index contributed by atoms with van der Waals surface area (Å²) >= 11 is 5.70. The van der Waals surface area contributed by atoms with Crippen LogP contribution in [0.25, 0.3) is 6.08 Å².